The second-order valence-electron chi connectivity index (χ2n) is 5.16. The van der Waals surface area contributed by atoms with Crippen molar-refractivity contribution in [1.82, 2.24) is 9.88 Å². The van der Waals surface area contributed by atoms with E-state index in [0.717, 1.165) is 12.6 Å². The van der Waals surface area contributed by atoms with Crippen molar-refractivity contribution >= 4 is 16.5 Å². The molecule has 0 saturated carbocycles. The van der Waals surface area contributed by atoms with Gasteiger partial charge in [-0.15, -0.1) is 0 Å². The molecule has 3 nitrogen and oxygen atoms in total. The van der Waals surface area contributed by atoms with E-state index in [4.69, 9.17) is 0 Å². The highest BCUT2D eigenvalue weighted by atomic mass is 32.1. The van der Waals surface area contributed by atoms with E-state index >= 15 is 0 Å². The second kappa shape index (κ2) is 6.56. The Kier molecular flexibility index (Phi) is 5.61. The van der Waals surface area contributed by atoms with Crippen molar-refractivity contribution in [3.63, 3.8) is 0 Å². The van der Waals surface area contributed by atoms with Gasteiger partial charge in [-0.25, -0.2) is 4.98 Å². The highest BCUT2D eigenvalue weighted by Crippen LogP contribution is 2.35. The van der Waals surface area contributed by atoms with Gasteiger partial charge >= 0.3 is 6.18 Å². The molecule has 1 aromatic heterocycles. The zero-order valence-electron chi connectivity index (χ0n) is 11.6. The molecule has 1 heterocycles. The number of aromatic nitrogens is 1. The Hall–Kier alpha value is -0.820. The van der Waals surface area contributed by atoms with Gasteiger partial charge in [0.2, 0.25) is 0 Å². The molecule has 1 N–H and O–H groups in total. The fourth-order valence-corrected chi connectivity index (χ4v) is 2.40. The van der Waals surface area contributed by atoms with Crippen molar-refractivity contribution in [3.05, 3.63) is 11.1 Å². The molecule has 0 spiro atoms. The van der Waals surface area contributed by atoms with Crippen LogP contribution in [0.1, 0.15) is 25.1 Å². The summed E-state index contributed by atoms with van der Waals surface area (Å²) in [6.07, 6.45) is -2.45. The molecule has 0 radical (unpaired) electrons. The molecule has 1 unspecified atom stereocenters. The first-order valence-corrected chi connectivity index (χ1v) is 6.95. The quantitative estimate of drug-likeness (QED) is 0.870. The summed E-state index contributed by atoms with van der Waals surface area (Å²) in [6, 6.07) is 0.276. The van der Waals surface area contributed by atoms with Gasteiger partial charge in [-0.05, 0) is 26.4 Å². The minimum atomic E-state index is -4.31. The molecular formula is C12H20F3N3S. The van der Waals surface area contributed by atoms with Crippen molar-refractivity contribution in [2.45, 2.75) is 32.5 Å². The molecular weight excluding hydrogens is 275 g/mol. The summed E-state index contributed by atoms with van der Waals surface area (Å²) in [5, 5.41) is 3.31. The molecule has 1 rings (SSSR count). The maximum Gasteiger partial charge on any atom is 0.427 e. The first-order chi connectivity index (χ1) is 8.70. The topological polar surface area (TPSA) is 28.2 Å². The second-order valence-corrected chi connectivity index (χ2v) is 6.19. The highest BCUT2D eigenvalue weighted by Gasteiger charge is 2.33. The summed E-state index contributed by atoms with van der Waals surface area (Å²) < 4.78 is 37.3. The van der Waals surface area contributed by atoms with Crippen LogP contribution in [0.4, 0.5) is 18.3 Å². The number of nitrogens with zero attached hydrogens (tertiary/aromatic N) is 2. The smallest absolute Gasteiger partial charge is 0.360 e. The number of halogens is 3. The van der Waals surface area contributed by atoms with Gasteiger partial charge in [0.05, 0.1) is 6.20 Å². The molecule has 0 fully saturated rings. The number of nitrogens with one attached hydrogen (secondary N) is 1. The van der Waals surface area contributed by atoms with Crippen molar-refractivity contribution in [2.75, 3.05) is 26.0 Å². The number of hydrogen-bond acceptors (Lipinski definition) is 4. The van der Waals surface area contributed by atoms with Gasteiger partial charge in [0.25, 0.3) is 0 Å². The molecule has 0 aliphatic carbocycles. The zero-order chi connectivity index (χ0) is 14.6. The van der Waals surface area contributed by atoms with E-state index in [-0.39, 0.29) is 6.04 Å². The lowest BCUT2D eigenvalue weighted by atomic mass is 10.0. The Morgan fingerprint density at radius 1 is 1.37 bits per heavy atom. The van der Waals surface area contributed by atoms with E-state index in [0.29, 0.717) is 28.9 Å². The predicted octanol–water partition coefficient (Wildman–Crippen LogP) is 3.55. The summed E-state index contributed by atoms with van der Waals surface area (Å²) in [7, 11) is 3.94. The third kappa shape index (κ3) is 5.36. The van der Waals surface area contributed by atoms with E-state index in [1.165, 1.54) is 0 Å². The van der Waals surface area contributed by atoms with E-state index in [1.54, 1.807) is 0 Å². The van der Waals surface area contributed by atoms with Gasteiger partial charge in [0, 0.05) is 12.6 Å². The van der Waals surface area contributed by atoms with Crippen LogP contribution in [0, 0.1) is 5.92 Å². The first-order valence-electron chi connectivity index (χ1n) is 6.13. The lowest BCUT2D eigenvalue weighted by molar-refractivity contribution is -0.134. The van der Waals surface area contributed by atoms with Crippen LogP contribution in [0.15, 0.2) is 6.20 Å². The largest absolute Gasteiger partial charge is 0.427 e. The average molecular weight is 295 g/mol. The fourth-order valence-electron chi connectivity index (χ4n) is 1.71. The summed E-state index contributed by atoms with van der Waals surface area (Å²) in [5.41, 5.74) is 0. The summed E-state index contributed by atoms with van der Waals surface area (Å²) in [5.74, 6) is 0.538. The minimum absolute atomic E-state index is 0.276. The van der Waals surface area contributed by atoms with E-state index in [2.05, 4.69) is 29.0 Å². The van der Waals surface area contributed by atoms with Gasteiger partial charge in [0.1, 0.15) is 4.88 Å². The minimum Gasteiger partial charge on any atom is -0.360 e. The molecule has 0 aromatic carbocycles. The molecule has 1 atom stereocenters. The van der Waals surface area contributed by atoms with Crippen molar-refractivity contribution < 1.29 is 13.2 Å². The van der Waals surface area contributed by atoms with Crippen molar-refractivity contribution in [3.8, 4) is 0 Å². The molecule has 19 heavy (non-hydrogen) atoms. The number of hydrogen-bond donors (Lipinski definition) is 1. The Morgan fingerprint density at radius 3 is 2.42 bits per heavy atom. The third-order valence-electron chi connectivity index (χ3n) is 2.75. The molecule has 0 aliphatic heterocycles. The van der Waals surface area contributed by atoms with Gasteiger partial charge in [-0.3, -0.25) is 0 Å². The Balaban J connectivity index is 2.57. The van der Waals surface area contributed by atoms with Gasteiger partial charge in [0.15, 0.2) is 5.13 Å². The first kappa shape index (κ1) is 16.2. The van der Waals surface area contributed by atoms with Crippen LogP contribution in [0.2, 0.25) is 0 Å². The molecule has 1 aromatic rings. The molecule has 0 saturated heterocycles. The Labute approximate surface area is 115 Å². The van der Waals surface area contributed by atoms with Gasteiger partial charge in [-0.2, -0.15) is 13.2 Å². The van der Waals surface area contributed by atoms with Crippen LogP contribution in [0.5, 0.6) is 0 Å². The summed E-state index contributed by atoms with van der Waals surface area (Å²) in [6.45, 7) is 4.85. The predicted molar refractivity (Wildman–Crippen MR) is 72.5 cm³/mol. The van der Waals surface area contributed by atoms with Crippen LogP contribution in [-0.4, -0.2) is 36.6 Å². The third-order valence-corrected chi connectivity index (χ3v) is 3.75. The lowest BCUT2D eigenvalue weighted by Gasteiger charge is -2.26. The van der Waals surface area contributed by atoms with Gasteiger partial charge < -0.3 is 10.2 Å². The molecule has 7 heteroatoms. The summed E-state index contributed by atoms with van der Waals surface area (Å²) in [4.78, 5) is 5.17. The Bertz CT molecular complexity index is 388. The SMILES string of the molecule is CC(C)CC(CNc1ncc(C(F)(F)F)s1)N(C)C. The molecule has 0 amide bonds. The van der Waals surface area contributed by atoms with Crippen molar-refractivity contribution in [2.24, 2.45) is 5.92 Å². The van der Waals surface area contributed by atoms with Crippen LogP contribution < -0.4 is 5.32 Å². The normalized spacial score (nSPS) is 14.2. The van der Waals surface area contributed by atoms with Gasteiger partial charge in [-0.1, -0.05) is 25.2 Å². The maximum atomic E-state index is 12.4. The van der Waals surface area contributed by atoms with Crippen LogP contribution in [0.25, 0.3) is 0 Å². The average Bonchev–Trinajstić information content (AvgIpc) is 2.71. The van der Waals surface area contributed by atoms with Crippen LogP contribution in [0.3, 0.4) is 0 Å². The van der Waals surface area contributed by atoms with E-state index in [1.807, 2.05) is 14.1 Å². The summed E-state index contributed by atoms with van der Waals surface area (Å²) >= 11 is 0.647. The van der Waals surface area contributed by atoms with Crippen LogP contribution >= 0.6 is 11.3 Å². The molecule has 110 valence electrons. The molecule has 0 aliphatic rings. The number of likely N-dealkylation sites (N-methyl/N-ethyl adjacent to an activating group) is 1. The lowest BCUT2D eigenvalue weighted by Crippen LogP contribution is -2.35. The number of thiazole rings is 1. The Morgan fingerprint density at radius 2 is 2.00 bits per heavy atom. The number of anilines is 1. The molecule has 0 bridgehead atoms. The monoisotopic (exact) mass is 295 g/mol. The zero-order valence-corrected chi connectivity index (χ0v) is 12.4. The van der Waals surface area contributed by atoms with E-state index < -0.39 is 11.1 Å². The maximum absolute atomic E-state index is 12.4. The van der Waals surface area contributed by atoms with E-state index in [9.17, 15) is 13.2 Å². The highest BCUT2D eigenvalue weighted by molar-refractivity contribution is 7.15. The van der Waals surface area contributed by atoms with Crippen molar-refractivity contribution in [1.29, 1.82) is 0 Å². The fraction of sp³-hybridized carbons (Fsp3) is 0.750. The number of rotatable bonds is 6. The number of alkyl halides is 3. The standard InChI is InChI=1S/C12H20F3N3S/c1-8(2)5-9(18(3)4)6-16-11-17-7-10(19-11)12(13,14)15/h7-9H,5-6H2,1-4H3,(H,16,17). The van der Waals surface area contributed by atoms with Crippen LogP contribution in [-0.2, 0) is 6.18 Å².